The Morgan fingerprint density at radius 1 is 0.879 bits per heavy atom. The molecule has 0 saturated carbocycles. The number of piperazine rings is 1. The van der Waals surface area contributed by atoms with Crippen LogP contribution in [0.2, 0.25) is 0 Å². The third-order valence-electron chi connectivity index (χ3n) is 5.40. The summed E-state index contributed by atoms with van der Waals surface area (Å²) in [5.41, 5.74) is 2.43. The van der Waals surface area contributed by atoms with Gasteiger partial charge >= 0.3 is 29.6 Å². The molecule has 0 spiro atoms. The second-order valence-corrected chi connectivity index (χ2v) is 8.21. The van der Waals surface area contributed by atoms with Crippen LogP contribution in [0, 0.1) is 0 Å². The molecule has 1 fully saturated rings. The first-order valence-electron chi connectivity index (χ1n) is 10.4. The molecule has 0 N–H and O–H groups in total. The number of hydrogen-bond donors (Lipinski definition) is 0. The average molecular weight is 465 g/mol. The number of anilines is 1. The Morgan fingerprint density at radius 3 is 2.42 bits per heavy atom. The van der Waals surface area contributed by atoms with Crippen molar-refractivity contribution in [1.29, 1.82) is 0 Å². The maximum atomic E-state index is 12.9. The standard InChI is InChI=1S/C24H22N6OS.Na/c31-24(30-15-13-29(14-16-30)22-17-25-11-12-26-22)19-6-8-20(9-7-19)28-32-21-5-1-3-18-4-2-10-27-23(18)21;/h1-12,17H,13-16H2,(H,28,31);/q;+1/p-1. The summed E-state index contributed by atoms with van der Waals surface area (Å²) in [5, 5.41) is 1.09. The summed E-state index contributed by atoms with van der Waals surface area (Å²) in [6.45, 7) is 2.80. The molecule has 0 unspecified atom stereocenters. The van der Waals surface area contributed by atoms with Crippen LogP contribution < -0.4 is 34.5 Å². The number of fused-ring (bicyclic) bond motifs is 1. The Hall–Kier alpha value is -2.65. The first-order chi connectivity index (χ1) is 15.8. The maximum Gasteiger partial charge on any atom is 1.00 e. The Kier molecular flexibility index (Phi) is 7.82. The van der Waals surface area contributed by atoms with Crippen molar-refractivity contribution in [2.75, 3.05) is 31.1 Å². The number of rotatable bonds is 5. The summed E-state index contributed by atoms with van der Waals surface area (Å²) in [6.07, 6.45) is 6.90. The van der Waals surface area contributed by atoms with Crippen molar-refractivity contribution in [1.82, 2.24) is 19.9 Å². The smallest absolute Gasteiger partial charge is 0.627 e. The number of pyridine rings is 1. The third-order valence-corrected chi connectivity index (χ3v) is 6.23. The zero-order valence-electron chi connectivity index (χ0n) is 18.3. The Balaban J connectivity index is 0.00000259. The van der Waals surface area contributed by atoms with Gasteiger partial charge in [-0.15, -0.1) is 5.69 Å². The van der Waals surface area contributed by atoms with Crippen LogP contribution in [0.4, 0.5) is 11.5 Å². The van der Waals surface area contributed by atoms with Gasteiger partial charge in [0, 0.05) is 60.6 Å². The van der Waals surface area contributed by atoms with E-state index >= 15 is 0 Å². The molecule has 4 aromatic rings. The molecule has 9 heteroatoms. The van der Waals surface area contributed by atoms with Crippen LogP contribution in [0.15, 0.2) is 84.3 Å². The number of nitrogens with zero attached hydrogens (tertiary/aromatic N) is 6. The zero-order valence-corrected chi connectivity index (χ0v) is 21.2. The zero-order chi connectivity index (χ0) is 21.8. The summed E-state index contributed by atoms with van der Waals surface area (Å²) in [7, 11) is 0. The predicted molar refractivity (Wildman–Crippen MR) is 127 cm³/mol. The van der Waals surface area contributed by atoms with Gasteiger partial charge < -0.3 is 14.5 Å². The van der Waals surface area contributed by atoms with Gasteiger partial charge in [-0.25, -0.2) is 16.9 Å². The number of hydrogen-bond acceptors (Lipinski definition) is 6. The molecule has 33 heavy (non-hydrogen) atoms. The van der Waals surface area contributed by atoms with E-state index in [2.05, 4.69) is 24.6 Å². The molecule has 7 nitrogen and oxygen atoms in total. The van der Waals surface area contributed by atoms with Gasteiger partial charge in [-0.1, -0.05) is 42.5 Å². The number of carbonyl (C=O) groups is 1. The molecule has 0 bridgehead atoms. The number of amides is 1. The molecular formula is C24H21N6NaOS. The quantitative estimate of drug-likeness (QED) is 0.331. The molecule has 160 valence electrons. The minimum atomic E-state index is 0. The van der Waals surface area contributed by atoms with Gasteiger partial charge in [0.15, 0.2) is 0 Å². The SMILES string of the molecule is O=C(c1ccc([N-]Sc2cccc3cccnc23)cc1)N1CCN(c2cnccn2)CC1.[Na+]. The minimum absolute atomic E-state index is 0. The van der Waals surface area contributed by atoms with E-state index in [0.29, 0.717) is 18.7 Å². The third kappa shape index (κ3) is 5.47. The summed E-state index contributed by atoms with van der Waals surface area (Å²) >= 11 is 1.39. The van der Waals surface area contributed by atoms with Crippen molar-refractivity contribution in [3.05, 3.63) is 89.7 Å². The van der Waals surface area contributed by atoms with Crippen LogP contribution in [-0.4, -0.2) is 51.9 Å². The summed E-state index contributed by atoms with van der Waals surface area (Å²) < 4.78 is 4.62. The van der Waals surface area contributed by atoms with Crippen molar-refractivity contribution in [2.45, 2.75) is 4.90 Å². The molecule has 2 aromatic carbocycles. The van der Waals surface area contributed by atoms with Crippen LogP contribution in [0.3, 0.4) is 0 Å². The Bertz CT molecular complexity index is 1210. The first-order valence-corrected chi connectivity index (χ1v) is 11.2. The van der Waals surface area contributed by atoms with Crippen LogP contribution in [-0.2, 0) is 0 Å². The van der Waals surface area contributed by atoms with E-state index in [1.807, 2.05) is 59.5 Å². The van der Waals surface area contributed by atoms with Gasteiger partial charge in [-0.05, 0) is 12.1 Å². The first kappa shape index (κ1) is 23.5. The maximum absolute atomic E-state index is 12.9. The number of carbonyl (C=O) groups excluding carboxylic acids is 1. The fraction of sp³-hybridized carbons (Fsp3) is 0.167. The molecule has 5 rings (SSSR count). The van der Waals surface area contributed by atoms with E-state index in [4.69, 9.17) is 0 Å². The molecule has 0 atom stereocenters. The second-order valence-electron chi connectivity index (χ2n) is 7.40. The Labute approximate surface area is 219 Å². The van der Waals surface area contributed by atoms with Gasteiger partial charge in [0.05, 0.1) is 11.7 Å². The van der Waals surface area contributed by atoms with Crippen molar-refractivity contribution < 1.29 is 34.4 Å². The van der Waals surface area contributed by atoms with Crippen LogP contribution in [0.1, 0.15) is 10.4 Å². The van der Waals surface area contributed by atoms with Crippen LogP contribution in [0.5, 0.6) is 0 Å². The van der Waals surface area contributed by atoms with Gasteiger partial charge in [0.1, 0.15) is 5.82 Å². The van der Waals surface area contributed by atoms with E-state index in [1.165, 1.54) is 11.9 Å². The molecular weight excluding hydrogens is 443 g/mol. The number of benzene rings is 2. The van der Waals surface area contributed by atoms with E-state index in [9.17, 15) is 4.79 Å². The number of para-hydroxylation sites is 1. The van der Waals surface area contributed by atoms with E-state index in [1.54, 1.807) is 24.8 Å². The predicted octanol–water partition coefficient (Wildman–Crippen LogP) is 1.70. The summed E-state index contributed by atoms with van der Waals surface area (Å²) in [5.74, 6) is 0.894. The van der Waals surface area contributed by atoms with E-state index < -0.39 is 0 Å². The van der Waals surface area contributed by atoms with Gasteiger partial charge in [-0.2, -0.15) is 0 Å². The topological polar surface area (TPSA) is 76.3 Å². The van der Waals surface area contributed by atoms with Crippen molar-refractivity contribution in [3.63, 3.8) is 0 Å². The molecule has 1 aliphatic rings. The Morgan fingerprint density at radius 2 is 1.67 bits per heavy atom. The normalized spacial score (nSPS) is 13.5. The van der Waals surface area contributed by atoms with Crippen molar-refractivity contribution >= 4 is 40.3 Å². The second kappa shape index (κ2) is 11.0. The van der Waals surface area contributed by atoms with Crippen LogP contribution in [0.25, 0.3) is 15.6 Å². The summed E-state index contributed by atoms with van der Waals surface area (Å²) in [4.78, 5) is 30.9. The summed E-state index contributed by atoms with van der Waals surface area (Å²) in [6, 6.07) is 17.5. The van der Waals surface area contributed by atoms with Gasteiger partial charge in [-0.3, -0.25) is 14.8 Å². The molecule has 3 heterocycles. The molecule has 2 aromatic heterocycles. The molecule has 1 saturated heterocycles. The molecule has 0 aliphatic carbocycles. The number of aromatic nitrogens is 3. The van der Waals surface area contributed by atoms with Gasteiger partial charge in [0.25, 0.3) is 5.91 Å². The van der Waals surface area contributed by atoms with Crippen molar-refractivity contribution in [3.8, 4) is 0 Å². The van der Waals surface area contributed by atoms with Gasteiger partial charge in [0.2, 0.25) is 0 Å². The van der Waals surface area contributed by atoms with Crippen molar-refractivity contribution in [2.24, 2.45) is 0 Å². The largest absolute Gasteiger partial charge is 1.00 e. The molecule has 0 radical (unpaired) electrons. The molecule has 1 aliphatic heterocycles. The molecule has 1 amide bonds. The van der Waals surface area contributed by atoms with E-state index in [-0.39, 0.29) is 35.5 Å². The monoisotopic (exact) mass is 464 g/mol. The average Bonchev–Trinajstić information content (AvgIpc) is 2.88. The fourth-order valence-corrected chi connectivity index (χ4v) is 4.41. The van der Waals surface area contributed by atoms with Crippen LogP contribution >= 0.6 is 11.9 Å². The fourth-order valence-electron chi connectivity index (χ4n) is 3.69. The van der Waals surface area contributed by atoms with E-state index in [0.717, 1.165) is 40.4 Å². The minimum Gasteiger partial charge on any atom is -0.627 e.